The molecule has 0 atom stereocenters. The molecule has 2 aromatic rings. The summed E-state index contributed by atoms with van der Waals surface area (Å²) in [7, 11) is -3.67. The van der Waals surface area contributed by atoms with Crippen LogP contribution < -0.4 is 14.6 Å². The van der Waals surface area contributed by atoms with Crippen LogP contribution >= 0.6 is 15.9 Å². The number of benzene rings is 2. The predicted molar refractivity (Wildman–Crippen MR) is 82.9 cm³/mol. The molecule has 0 aromatic heterocycles. The van der Waals surface area contributed by atoms with Crippen LogP contribution in [-0.2, 0) is 10.0 Å². The Kier molecular flexibility index (Phi) is 5.22. The third kappa shape index (κ3) is 4.73. The van der Waals surface area contributed by atoms with Crippen LogP contribution in [0.25, 0.3) is 0 Å². The zero-order chi connectivity index (χ0) is 15.3. The lowest BCUT2D eigenvalue weighted by atomic mass is 10.3. The first kappa shape index (κ1) is 15.8. The van der Waals surface area contributed by atoms with Crippen LogP contribution in [0.15, 0.2) is 57.9 Å². The molecule has 2 aromatic carbocycles. The molecule has 2 N–H and O–H groups in total. The summed E-state index contributed by atoms with van der Waals surface area (Å²) in [5.41, 5.74) is 0. The Morgan fingerprint density at radius 2 is 1.57 bits per heavy atom. The van der Waals surface area contributed by atoms with Gasteiger partial charge in [0.25, 0.3) is 0 Å². The highest BCUT2D eigenvalue weighted by atomic mass is 79.9. The highest BCUT2D eigenvalue weighted by Gasteiger charge is 2.07. The van der Waals surface area contributed by atoms with Gasteiger partial charge in [-0.3, -0.25) is 0 Å². The highest BCUT2D eigenvalue weighted by molar-refractivity contribution is 9.10. The number of rotatable bonds is 6. The first-order valence-electron chi connectivity index (χ1n) is 6.10. The molecule has 112 valence electrons. The van der Waals surface area contributed by atoms with Gasteiger partial charge in [0.05, 0.1) is 9.37 Å². The molecule has 7 heteroatoms. The summed E-state index contributed by atoms with van der Waals surface area (Å²) in [6, 6.07) is 13.4. The van der Waals surface area contributed by atoms with Crippen molar-refractivity contribution < 1.29 is 17.9 Å². The minimum Gasteiger partial charge on any atom is -0.490 e. The standard InChI is InChI=1S/C14H14BrNO4S/c15-13-3-1-2-4-14(13)20-10-9-19-11-5-7-12(8-6-11)21(16,17)18/h1-8H,9-10H2,(H2,16,17,18). The fraction of sp³-hybridized carbons (Fsp3) is 0.143. The Balaban J connectivity index is 1.83. The summed E-state index contributed by atoms with van der Waals surface area (Å²) < 4.78 is 34.1. The molecule has 0 fully saturated rings. The second-order valence-electron chi connectivity index (χ2n) is 4.14. The lowest BCUT2D eigenvalue weighted by Gasteiger charge is -2.09. The molecule has 0 amide bonds. The number of nitrogens with two attached hydrogens (primary N) is 1. The summed E-state index contributed by atoms with van der Waals surface area (Å²) in [5, 5.41) is 5.01. The quantitative estimate of drug-likeness (QED) is 0.791. The normalized spacial score (nSPS) is 11.1. The first-order chi connectivity index (χ1) is 9.97. The van der Waals surface area contributed by atoms with E-state index in [-0.39, 0.29) is 4.90 Å². The average Bonchev–Trinajstić information content (AvgIpc) is 2.45. The van der Waals surface area contributed by atoms with E-state index in [0.29, 0.717) is 19.0 Å². The van der Waals surface area contributed by atoms with Gasteiger partial charge in [-0.25, -0.2) is 13.6 Å². The van der Waals surface area contributed by atoms with Crippen molar-refractivity contribution in [3.63, 3.8) is 0 Å². The van der Waals surface area contributed by atoms with Gasteiger partial charge < -0.3 is 9.47 Å². The second kappa shape index (κ2) is 6.93. The van der Waals surface area contributed by atoms with Gasteiger partial charge in [-0.2, -0.15) is 0 Å². The molecule has 0 bridgehead atoms. The van der Waals surface area contributed by atoms with E-state index in [1.54, 1.807) is 12.1 Å². The Labute approximate surface area is 131 Å². The zero-order valence-corrected chi connectivity index (χ0v) is 13.4. The number of para-hydroxylation sites is 1. The van der Waals surface area contributed by atoms with E-state index in [1.807, 2.05) is 24.3 Å². The van der Waals surface area contributed by atoms with Gasteiger partial charge in [0.1, 0.15) is 24.7 Å². The lowest BCUT2D eigenvalue weighted by molar-refractivity contribution is 0.216. The number of hydrogen-bond acceptors (Lipinski definition) is 4. The van der Waals surface area contributed by atoms with Gasteiger partial charge >= 0.3 is 0 Å². The van der Waals surface area contributed by atoms with Gasteiger partial charge in [0.15, 0.2) is 0 Å². The van der Waals surface area contributed by atoms with Crippen molar-refractivity contribution in [3.8, 4) is 11.5 Å². The smallest absolute Gasteiger partial charge is 0.238 e. The van der Waals surface area contributed by atoms with Crippen LogP contribution in [0.3, 0.4) is 0 Å². The van der Waals surface area contributed by atoms with Crippen molar-refractivity contribution in [1.82, 2.24) is 0 Å². The lowest BCUT2D eigenvalue weighted by Crippen LogP contribution is -2.12. The maximum absolute atomic E-state index is 11.1. The molecule has 0 saturated heterocycles. The third-order valence-electron chi connectivity index (χ3n) is 2.60. The maximum Gasteiger partial charge on any atom is 0.238 e. The molecule has 5 nitrogen and oxygen atoms in total. The van der Waals surface area contributed by atoms with Crippen molar-refractivity contribution in [1.29, 1.82) is 0 Å². The summed E-state index contributed by atoms with van der Waals surface area (Å²) in [6.07, 6.45) is 0. The van der Waals surface area contributed by atoms with Crippen LogP contribution in [0, 0.1) is 0 Å². The van der Waals surface area contributed by atoms with E-state index in [0.717, 1.165) is 10.2 Å². The number of sulfonamides is 1. The summed E-state index contributed by atoms with van der Waals surface area (Å²) in [6.45, 7) is 0.718. The van der Waals surface area contributed by atoms with E-state index in [2.05, 4.69) is 15.9 Å². The van der Waals surface area contributed by atoms with Gasteiger partial charge in [0.2, 0.25) is 10.0 Å². The third-order valence-corrected chi connectivity index (χ3v) is 4.18. The Bertz CT molecular complexity index is 701. The number of hydrogen-bond donors (Lipinski definition) is 1. The fourth-order valence-electron chi connectivity index (χ4n) is 1.60. The topological polar surface area (TPSA) is 78.6 Å². The van der Waals surface area contributed by atoms with Crippen LogP contribution in [-0.4, -0.2) is 21.6 Å². The monoisotopic (exact) mass is 371 g/mol. The highest BCUT2D eigenvalue weighted by Crippen LogP contribution is 2.23. The summed E-state index contributed by atoms with van der Waals surface area (Å²) in [4.78, 5) is 0.0549. The molecule has 0 unspecified atom stereocenters. The molecule has 0 aliphatic heterocycles. The van der Waals surface area contributed by atoms with Crippen molar-refractivity contribution in [3.05, 3.63) is 53.0 Å². The van der Waals surface area contributed by atoms with Gasteiger partial charge in [-0.05, 0) is 52.3 Å². The van der Waals surface area contributed by atoms with Gasteiger partial charge in [-0.15, -0.1) is 0 Å². The fourth-order valence-corrected chi connectivity index (χ4v) is 2.51. The van der Waals surface area contributed by atoms with Crippen molar-refractivity contribution in [2.45, 2.75) is 4.90 Å². The van der Waals surface area contributed by atoms with Gasteiger partial charge in [0, 0.05) is 0 Å². The van der Waals surface area contributed by atoms with E-state index in [4.69, 9.17) is 14.6 Å². The predicted octanol–water partition coefficient (Wildman–Crippen LogP) is 2.55. The van der Waals surface area contributed by atoms with Crippen LogP contribution in [0.4, 0.5) is 0 Å². The van der Waals surface area contributed by atoms with Crippen LogP contribution in [0.2, 0.25) is 0 Å². The Morgan fingerprint density at radius 3 is 2.19 bits per heavy atom. The average molecular weight is 372 g/mol. The molecule has 2 rings (SSSR count). The van der Waals surface area contributed by atoms with E-state index in [9.17, 15) is 8.42 Å². The molecule has 21 heavy (non-hydrogen) atoms. The molecule has 0 aliphatic carbocycles. The maximum atomic E-state index is 11.1. The Morgan fingerprint density at radius 1 is 0.952 bits per heavy atom. The van der Waals surface area contributed by atoms with Crippen molar-refractivity contribution in [2.24, 2.45) is 5.14 Å². The Hall–Kier alpha value is -1.57. The second-order valence-corrected chi connectivity index (χ2v) is 6.56. The molecule has 0 radical (unpaired) electrons. The van der Waals surface area contributed by atoms with Crippen molar-refractivity contribution in [2.75, 3.05) is 13.2 Å². The number of ether oxygens (including phenoxy) is 2. The SMILES string of the molecule is NS(=O)(=O)c1ccc(OCCOc2ccccc2Br)cc1. The largest absolute Gasteiger partial charge is 0.490 e. The zero-order valence-electron chi connectivity index (χ0n) is 11.0. The van der Waals surface area contributed by atoms with Gasteiger partial charge in [-0.1, -0.05) is 12.1 Å². The molecular formula is C14H14BrNO4S. The summed E-state index contributed by atoms with van der Waals surface area (Å²) in [5.74, 6) is 1.30. The van der Waals surface area contributed by atoms with E-state index < -0.39 is 10.0 Å². The number of halogens is 1. The minimum atomic E-state index is -3.67. The van der Waals surface area contributed by atoms with Crippen LogP contribution in [0.5, 0.6) is 11.5 Å². The summed E-state index contributed by atoms with van der Waals surface area (Å²) >= 11 is 3.39. The molecular weight excluding hydrogens is 358 g/mol. The van der Waals surface area contributed by atoms with E-state index in [1.165, 1.54) is 12.1 Å². The number of primary sulfonamides is 1. The molecule has 0 spiro atoms. The first-order valence-corrected chi connectivity index (χ1v) is 8.44. The molecule has 0 saturated carbocycles. The van der Waals surface area contributed by atoms with Crippen molar-refractivity contribution >= 4 is 26.0 Å². The van der Waals surface area contributed by atoms with E-state index >= 15 is 0 Å². The van der Waals surface area contributed by atoms with Crippen LogP contribution in [0.1, 0.15) is 0 Å². The molecule has 0 aliphatic rings. The molecule has 0 heterocycles. The minimum absolute atomic E-state index is 0.0549.